The smallest absolute Gasteiger partial charge is 0.238 e. The van der Waals surface area contributed by atoms with Gasteiger partial charge in [0.25, 0.3) is 0 Å². The number of nitrogens with one attached hydrogen (secondary N) is 1. The van der Waals surface area contributed by atoms with Crippen LogP contribution in [0.25, 0.3) is 21.9 Å². The molecule has 160 valence electrons. The number of nitrogens with zero attached hydrogens (tertiary/aromatic N) is 1. The lowest BCUT2D eigenvalue weighted by Crippen LogP contribution is -2.30. The number of amides is 1. The number of halogens is 1. The van der Waals surface area contributed by atoms with Crippen LogP contribution in [0.2, 0.25) is 0 Å². The van der Waals surface area contributed by atoms with Crippen LogP contribution in [0.5, 0.6) is 11.5 Å². The van der Waals surface area contributed by atoms with Gasteiger partial charge in [-0.05, 0) is 36.9 Å². The molecule has 1 N–H and O–H groups in total. The molecule has 31 heavy (non-hydrogen) atoms. The van der Waals surface area contributed by atoms with E-state index in [2.05, 4.69) is 5.32 Å². The Bertz CT molecular complexity index is 1250. The van der Waals surface area contributed by atoms with Crippen LogP contribution < -0.4 is 14.8 Å². The van der Waals surface area contributed by atoms with Crippen molar-refractivity contribution in [3.8, 4) is 11.5 Å². The minimum atomic E-state index is -0.429. The molecule has 0 aliphatic carbocycles. The summed E-state index contributed by atoms with van der Waals surface area (Å²) in [5, 5.41) is 4.79. The normalized spacial score (nSPS) is 11.3. The number of para-hydroxylation sites is 1. The first-order valence-electron chi connectivity index (χ1n) is 9.78. The van der Waals surface area contributed by atoms with Crippen molar-refractivity contribution in [2.75, 3.05) is 33.1 Å². The molecule has 1 amide bonds. The van der Waals surface area contributed by atoms with Crippen LogP contribution in [0.15, 0.2) is 59.0 Å². The van der Waals surface area contributed by atoms with Crippen LogP contribution in [0.4, 0.5) is 10.1 Å². The van der Waals surface area contributed by atoms with E-state index in [1.165, 1.54) is 13.2 Å². The molecule has 4 rings (SSSR count). The van der Waals surface area contributed by atoms with Gasteiger partial charge in [0.2, 0.25) is 5.91 Å². The third kappa shape index (κ3) is 4.32. The summed E-state index contributed by atoms with van der Waals surface area (Å²) >= 11 is 0. The van der Waals surface area contributed by atoms with Crippen LogP contribution >= 0.6 is 0 Å². The highest BCUT2D eigenvalue weighted by Crippen LogP contribution is 2.36. The summed E-state index contributed by atoms with van der Waals surface area (Å²) in [6.07, 6.45) is 0. The zero-order valence-corrected chi connectivity index (χ0v) is 17.6. The molecule has 0 aliphatic rings. The van der Waals surface area contributed by atoms with Gasteiger partial charge in [-0.1, -0.05) is 24.3 Å². The lowest BCUT2D eigenvalue weighted by atomic mass is 10.1. The molecule has 7 heteroatoms. The number of rotatable bonds is 7. The first kappa shape index (κ1) is 20.7. The number of anilines is 1. The van der Waals surface area contributed by atoms with Gasteiger partial charge >= 0.3 is 0 Å². The monoisotopic (exact) mass is 422 g/mol. The molecule has 0 fully saturated rings. The first-order valence-corrected chi connectivity index (χ1v) is 9.78. The average molecular weight is 422 g/mol. The summed E-state index contributed by atoms with van der Waals surface area (Å²) < 4.78 is 30.2. The zero-order valence-electron chi connectivity index (χ0n) is 17.6. The van der Waals surface area contributed by atoms with Crippen molar-refractivity contribution in [2.24, 2.45) is 0 Å². The van der Waals surface area contributed by atoms with Crippen molar-refractivity contribution in [1.82, 2.24) is 4.90 Å². The molecule has 3 aromatic carbocycles. The molecule has 0 spiro atoms. The molecular formula is C24H23FN2O4. The van der Waals surface area contributed by atoms with E-state index >= 15 is 0 Å². The van der Waals surface area contributed by atoms with Gasteiger partial charge in [-0.3, -0.25) is 9.69 Å². The molecule has 0 aliphatic heterocycles. The van der Waals surface area contributed by atoms with Crippen molar-refractivity contribution in [2.45, 2.75) is 6.54 Å². The summed E-state index contributed by atoms with van der Waals surface area (Å²) in [4.78, 5) is 14.4. The summed E-state index contributed by atoms with van der Waals surface area (Å²) in [6, 6.07) is 16.1. The second-order valence-corrected chi connectivity index (χ2v) is 7.34. The second kappa shape index (κ2) is 8.65. The maximum absolute atomic E-state index is 13.9. The number of hydrogen-bond donors (Lipinski definition) is 1. The fraction of sp³-hybridized carbons (Fsp3) is 0.208. The Labute approximate surface area is 179 Å². The minimum absolute atomic E-state index is 0.120. The van der Waals surface area contributed by atoms with E-state index in [9.17, 15) is 9.18 Å². The number of fused-ring (bicyclic) bond motifs is 3. The van der Waals surface area contributed by atoms with E-state index < -0.39 is 5.82 Å². The first-order chi connectivity index (χ1) is 15.0. The number of carbonyl (C=O) groups is 1. The fourth-order valence-corrected chi connectivity index (χ4v) is 3.63. The molecule has 1 heterocycles. The van der Waals surface area contributed by atoms with Crippen molar-refractivity contribution < 1.29 is 23.1 Å². The molecule has 0 radical (unpaired) electrons. The van der Waals surface area contributed by atoms with Crippen molar-refractivity contribution in [3.63, 3.8) is 0 Å². The van der Waals surface area contributed by atoms with Gasteiger partial charge in [0, 0.05) is 23.4 Å². The van der Waals surface area contributed by atoms with Crippen LogP contribution in [0.3, 0.4) is 0 Å². The number of likely N-dealkylation sites (N-methyl/N-ethyl adjacent to an activating group) is 1. The van der Waals surface area contributed by atoms with Crippen molar-refractivity contribution in [3.05, 3.63) is 66.0 Å². The Morgan fingerprint density at radius 2 is 1.77 bits per heavy atom. The van der Waals surface area contributed by atoms with Gasteiger partial charge in [-0.15, -0.1) is 0 Å². The van der Waals surface area contributed by atoms with Gasteiger partial charge in [0.1, 0.15) is 16.9 Å². The number of ether oxygens (including phenoxy) is 2. The van der Waals surface area contributed by atoms with E-state index in [0.29, 0.717) is 23.6 Å². The summed E-state index contributed by atoms with van der Waals surface area (Å²) in [5.41, 5.74) is 2.71. The van der Waals surface area contributed by atoms with Gasteiger partial charge in [0.15, 0.2) is 11.6 Å². The van der Waals surface area contributed by atoms with Gasteiger partial charge in [-0.25, -0.2) is 4.39 Å². The summed E-state index contributed by atoms with van der Waals surface area (Å²) in [5.74, 6) is 0.0940. The molecule has 0 atom stereocenters. The second-order valence-electron chi connectivity index (χ2n) is 7.34. The molecule has 4 aromatic rings. The van der Waals surface area contributed by atoms with Crippen LogP contribution in [0, 0.1) is 5.82 Å². The predicted molar refractivity (Wildman–Crippen MR) is 118 cm³/mol. The number of methoxy groups -OCH3 is 2. The Kier molecular flexibility index (Phi) is 5.77. The SMILES string of the molecule is COc1ccc(CN(C)CC(=O)Nc2cc3oc4ccccc4c3cc2OC)cc1F. The topological polar surface area (TPSA) is 63.9 Å². The fourth-order valence-electron chi connectivity index (χ4n) is 3.63. The number of furan rings is 1. The lowest BCUT2D eigenvalue weighted by Gasteiger charge is -2.17. The summed E-state index contributed by atoms with van der Waals surface area (Å²) in [7, 11) is 4.77. The molecular weight excluding hydrogens is 399 g/mol. The van der Waals surface area contributed by atoms with Crippen molar-refractivity contribution in [1.29, 1.82) is 0 Å². The third-order valence-corrected chi connectivity index (χ3v) is 5.06. The van der Waals surface area contributed by atoms with Crippen LogP contribution in [-0.4, -0.2) is 38.6 Å². The van der Waals surface area contributed by atoms with E-state index in [0.717, 1.165) is 21.9 Å². The highest BCUT2D eigenvalue weighted by Gasteiger charge is 2.15. The maximum Gasteiger partial charge on any atom is 0.238 e. The highest BCUT2D eigenvalue weighted by atomic mass is 19.1. The van der Waals surface area contributed by atoms with Gasteiger partial charge in [-0.2, -0.15) is 0 Å². The zero-order chi connectivity index (χ0) is 22.0. The molecule has 1 aromatic heterocycles. The average Bonchev–Trinajstić information content (AvgIpc) is 3.10. The number of hydrogen-bond acceptors (Lipinski definition) is 5. The van der Waals surface area contributed by atoms with Crippen LogP contribution in [0.1, 0.15) is 5.56 Å². The van der Waals surface area contributed by atoms with Gasteiger partial charge in [0.05, 0.1) is 26.5 Å². The molecule has 0 unspecified atom stereocenters. The third-order valence-electron chi connectivity index (χ3n) is 5.06. The minimum Gasteiger partial charge on any atom is -0.495 e. The standard InChI is InChI=1S/C24H23FN2O4/c1-27(13-15-8-9-21(29-2)18(25)10-15)14-24(28)26-19-12-22-17(11-23(19)30-3)16-6-4-5-7-20(16)31-22/h4-12H,13-14H2,1-3H3,(H,26,28). The van der Waals surface area contributed by atoms with E-state index in [1.807, 2.05) is 30.3 Å². The number of benzene rings is 3. The van der Waals surface area contributed by atoms with E-state index in [4.69, 9.17) is 13.9 Å². The summed E-state index contributed by atoms with van der Waals surface area (Å²) in [6.45, 7) is 0.531. The maximum atomic E-state index is 13.9. The Morgan fingerprint density at radius 3 is 2.52 bits per heavy atom. The molecule has 0 saturated carbocycles. The van der Waals surface area contributed by atoms with Crippen molar-refractivity contribution >= 4 is 33.5 Å². The van der Waals surface area contributed by atoms with Crippen LogP contribution in [-0.2, 0) is 11.3 Å². The number of carbonyl (C=O) groups excluding carboxylic acids is 1. The van der Waals surface area contributed by atoms with E-state index in [1.54, 1.807) is 37.3 Å². The quantitative estimate of drug-likeness (QED) is 0.463. The predicted octanol–water partition coefficient (Wildman–Crippen LogP) is 4.81. The van der Waals surface area contributed by atoms with E-state index in [-0.39, 0.29) is 18.2 Å². The lowest BCUT2D eigenvalue weighted by molar-refractivity contribution is -0.117. The molecule has 6 nitrogen and oxygen atoms in total. The highest BCUT2D eigenvalue weighted by molar-refractivity contribution is 6.07. The van der Waals surface area contributed by atoms with Gasteiger partial charge < -0.3 is 19.2 Å². The largest absolute Gasteiger partial charge is 0.495 e. The molecule has 0 saturated heterocycles. The Balaban J connectivity index is 1.48. The molecule has 0 bridgehead atoms. The Morgan fingerprint density at radius 1 is 1.00 bits per heavy atom. The Hall–Kier alpha value is -3.58.